The Balaban J connectivity index is 1.78. The first-order chi connectivity index (χ1) is 11.8. The van der Waals surface area contributed by atoms with Crippen LogP contribution in [0.25, 0.3) is 22.2 Å². The molecular weight excluding hydrogens is 300 g/mol. The van der Waals surface area contributed by atoms with E-state index in [0.29, 0.717) is 5.95 Å². The van der Waals surface area contributed by atoms with E-state index < -0.39 is 0 Å². The molecule has 24 heavy (non-hydrogen) atoms. The van der Waals surface area contributed by atoms with Gasteiger partial charge in [-0.25, -0.2) is 9.97 Å². The summed E-state index contributed by atoms with van der Waals surface area (Å²) < 4.78 is 0. The Hall–Kier alpha value is -2.95. The van der Waals surface area contributed by atoms with E-state index in [-0.39, 0.29) is 11.9 Å². The molecule has 1 fully saturated rings. The first-order valence-electron chi connectivity index (χ1n) is 8.18. The molecule has 1 aromatic heterocycles. The van der Waals surface area contributed by atoms with Crippen molar-refractivity contribution in [2.24, 2.45) is 0 Å². The Morgan fingerprint density at radius 1 is 1.00 bits per heavy atom. The maximum absolute atomic E-state index is 12.0. The molecule has 0 saturated carbocycles. The first-order valence-corrected chi connectivity index (χ1v) is 8.18. The Bertz CT molecular complexity index is 879. The van der Waals surface area contributed by atoms with Crippen LogP contribution in [0.1, 0.15) is 12.8 Å². The fourth-order valence-corrected chi connectivity index (χ4v) is 3.02. The molecule has 0 spiro atoms. The average Bonchev–Trinajstić information content (AvgIpc) is 2.64. The molecule has 5 heteroatoms. The van der Waals surface area contributed by atoms with Crippen LogP contribution in [0.2, 0.25) is 0 Å². The van der Waals surface area contributed by atoms with Gasteiger partial charge in [-0.1, -0.05) is 48.5 Å². The molecule has 2 heterocycles. The number of hydrogen-bond acceptors (Lipinski definition) is 4. The minimum absolute atomic E-state index is 0.0132. The van der Waals surface area contributed by atoms with Crippen molar-refractivity contribution in [2.45, 2.75) is 18.9 Å². The molecule has 2 aromatic carbocycles. The molecule has 3 aromatic rings. The van der Waals surface area contributed by atoms with Crippen LogP contribution in [0.5, 0.6) is 0 Å². The van der Waals surface area contributed by atoms with Crippen molar-refractivity contribution in [1.82, 2.24) is 15.3 Å². The highest BCUT2D eigenvalue weighted by Crippen LogP contribution is 2.27. The van der Waals surface area contributed by atoms with Gasteiger partial charge in [0.1, 0.15) is 6.04 Å². The third-order valence-corrected chi connectivity index (χ3v) is 4.24. The van der Waals surface area contributed by atoms with Gasteiger partial charge in [0.25, 0.3) is 0 Å². The Morgan fingerprint density at radius 2 is 1.79 bits per heavy atom. The van der Waals surface area contributed by atoms with E-state index in [9.17, 15) is 4.79 Å². The van der Waals surface area contributed by atoms with Crippen LogP contribution in [-0.4, -0.2) is 28.5 Å². The van der Waals surface area contributed by atoms with Gasteiger partial charge in [0, 0.05) is 17.5 Å². The topological polar surface area (TPSA) is 66.9 Å². The molecule has 1 saturated heterocycles. The largest absolute Gasteiger partial charge is 0.354 e. The monoisotopic (exact) mass is 318 g/mol. The second-order valence-corrected chi connectivity index (χ2v) is 5.91. The van der Waals surface area contributed by atoms with E-state index in [2.05, 4.69) is 15.6 Å². The zero-order valence-corrected chi connectivity index (χ0v) is 13.2. The fourth-order valence-electron chi connectivity index (χ4n) is 3.02. The van der Waals surface area contributed by atoms with Crippen LogP contribution < -0.4 is 10.6 Å². The highest BCUT2D eigenvalue weighted by molar-refractivity contribution is 5.93. The fraction of sp³-hybridized carbons (Fsp3) is 0.211. The van der Waals surface area contributed by atoms with E-state index in [4.69, 9.17) is 4.98 Å². The van der Waals surface area contributed by atoms with Crippen molar-refractivity contribution in [2.75, 3.05) is 11.9 Å². The van der Waals surface area contributed by atoms with Crippen molar-refractivity contribution in [1.29, 1.82) is 0 Å². The summed E-state index contributed by atoms with van der Waals surface area (Å²) in [6.07, 6.45) is 1.76. The number of piperidine rings is 1. The lowest BCUT2D eigenvalue weighted by molar-refractivity contribution is -0.123. The molecule has 5 nitrogen and oxygen atoms in total. The number of fused-ring (bicyclic) bond motifs is 1. The van der Waals surface area contributed by atoms with Gasteiger partial charge in [-0.3, -0.25) is 4.79 Å². The lowest BCUT2D eigenvalue weighted by atomic mass is 10.1. The number of para-hydroxylation sites is 1. The molecule has 1 aliphatic heterocycles. The van der Waals surface area contributed by atoms with E-state index in [1.165, 1.54) is 0 Å². The zero-order valence-electron chi connectivity index (χ0n) is 13.2. The number of nitrogens with zero attached hydrogens (tertiary/aromatic N) is 2. The van der Waals surface area contributed by atoms with Crippen LogP contribution in [0, 0.1) is 0 Å². The van der Waals surface area contributed by atoms with E-state index in [0.717, 1.165) is 41.5 Å². The van der Waals surface area contributed by atoms with Gasteiger partial charge in [-0.15, -0.1) is 0 Å². The van der Waals surface area contributed by atoms with Gasteiger partial charge in [-0.05, 0) is 18.9 Å². The lowest BCUT2D eigenvalue weighted by Gasteiger charge is -2.23. The molecule has 1 unspecified atom stereocenters. The summed E-state index contributed by atoms with van der Waals surface area (Å²) in [4.78, 5) is 21.3. The van der Waals surface area contributed by atoms with Crippen molar-refractivity contribution >= 4 is 22.8 Å². The van der Waals surface area contributed by atoms with Crippen molar-refractivity contribution in [3.05, 3.63) is 54.6 Å². The van der Waals surface area contributed by atoms with Crippen LogP contribution in [0.3, 0.4) is 0 Å². The summed E-state index contributed by atoms with van der Waals surface area (Å²) in [5.41, 5.74) is 2.78. The SMILES string of the molecule is O=C1NCCCC1Nc1nc(-c2ccccc2)c2ccccc2n1. The Kier molecular flexibility index (Phi) is 3.83. The van der Waals surface area contributed by atoms with Gasteiger partial charge in [-0.2, -0.15) is 0 Å². The number of hydrogen-bond donors (Lipinski definition) is 2. The predicted molar refractivity (Wildman–Crippen MR) is 94.6 cm³/mol. The highest BCUT2D eigenvalue weighted by atomic mass is 16.2. The van der Waals surface area contributed by atoms with Crippen molar-refractivity contribution < 1.29 is 4.79 Å². The molecule has 1 aliphatic rings. The molecular formula is C19H18N4O. The number of amides is 1. The second-order valence-electron chi connectivity index (χ2n) is 5.91. The maximum Gasteiger partial charge on any atom is 0.242 e. The summed E-state index contributed by atoms with van der Waals surface area (Å²) in [5, 5.41) is 7.08. The van der Waals surface area contributed by atoms with Crippen molar-refractivity contribution in [3.8, 4) is 11.3 Å². The zero-order chi connectivity index (χ0) is 16.4. The minimum atomic E-state index is -0.275. The molecule has 120 valence electrons. The smallest absolute Gasteiger partial charge is 0.242 e. The third-order valence-electron chi connectivity index (χ3n) is 4.24. The summed E-state index contributed by atoms with van der Waals surface area (Å²) in [6, 6.07) is 17.7. The van der Waals surface area contributed by atoms with Gasteiger partial charge in [0.2, 0.25) is 11.9 Å². The first kappa shape index (κ1) is 14.6. The summed E-state index contributed by atoms with van der Waals surface area (Å²) in [7, 11) is 0. The van der Waals surface area contributed by atoms with Gasteiger partial charge >= 0.3 is 0 Å². The summed E-state index contributed by atoms with van der Waals surface area (Å²) >= 11 is 0. The van der Waals surface area contributed by atoms with Crippen LogP contribution in [0.4, 0.5) is 5.95 Å². The maximum atomic E-state index is 12.0. The van der Waals surface area contributed by atoms with Gasteiger partial charge in [0.05, 0.1) is 11.2 Å². The van der Waals surface area contributed by atoms with Crippen LogP contribution >= 0.6 is 0 Å². The molecule has 0 radical (unpaired) electrons. The second kappa shape index (κ2) is 6.28. The normalized spacial score (nSPS) is 17.5. The lowest BCUT2D eigenvalue weighted by Crippen LogP contribution is -2.44. The predicted octanol–water partition coefficient (Wildman–Crippen LogP) is 2.99. The molecule has 2 N–H and O–H groups in total. The Morgan fingerprint density at radius 3 is 2.62 bits per heavy atom. The Labute approximate surface area is 140 Å². The number of aromatic nitrogens is 2. The molecule has 1 amide bonds. The van der Waals surface area contributed by atoms with Crippen molar-refractivity contribution in [3.63, 3.8) is 0 Å². The molecule has 4 rings (SSSR count). The number of anilines is 1. The quantitative estimate of drug-likeness (QED) is 0.779. The van der Waals surface area contributed by atoms with E-state index >= 15 is 0 Å². The minimum Gasteiger partial charge on any atom is -0.354 e. The van der Waals surface area contributed by atoms with Gasteiger partial charge in [0.15, 0.2) is 0 Å². The van der Waals surface area contributed by atoms with E-state index in [1.54, 1.807) is 0 Å². The number of benzene rings is 2. The summed E-state index contributed by atoms with van der Waals surface area (Å²) in [5.74, 6) is 0.508. The number of carbonyl (C=O) groups is 1. The van der Waals surface area contributed by atoms with Crippen LogP contribution in [0.15, 0.2) is 54.6 Å². The third kappa shape index (κ3) is 2.80. The van der Waals surface area contributed by atoms with E-state index in [1.807, 2.05) is 54.6 Å². The molecule has 0 aliphatic carbocycles. The summed E-state index contributed by atoms with van der Waals surface area (Å²) in [6.45, 7) is 0.741. The standard InChI is InChI=1S/C19H18N4O/c24-18-16(11-6-12-20-18)22-19-21-15-10-5-4-9-14(15)17(23-19)13-7-2-1-3-8-13/h1-5,7-10,16H,6,11-12H2,(H,20,24)(H,21,22,23). The average molecular weight is 318 g/mol. The number of nitrogens with one attached hydrogen (secondary N) is 2. The molecule has 1 atom stereocenters. The number of rotatable bonds is 3. The van der Waals surface area contributed by atoms with Gasteiger partial charge < -0.3 is 10.6 Å². The molecule has 0 bridgehead atoms. The highest BCUT2D eigenvalue weighted by Gasteiger charge is 2.23. The number of carbonyl (C=O) groups excluding carboxylic acids is 1. The van der Waals surface area contributed by atoms with Crippen LogP contribution in [-0.2, 0) is 4.79 Å².